The van der Waals surface area contributed by atoms with E-state index in [0.29, 0.717) is 25.3 Å². The summed E-state index contributed by atoms with van der Waals surface area (Å²) in [5.41, 5.74) is 0. The van der Waals surface area contributed by atoms with Crippen LogP contribution in [0.25, 0.3) is 0 Å². The first-order valence-electron chi connectivity index (χ1n) is 6.87. The summed E-state index contributed by atoms with van der Waals surface area (Å²) < 4.78 is 0. The highest BCUT2D eigenvalue weighted by atomic mass is 16.2. The molecule has 0 aromatic carbocycles. The van der Waals surface area contributed by atoms with Crippen LogP contribution in [0.2, 0.25) is 0 Å². The number of H-pyrrole nitrogens is 1. The van der Waals surface area contributed by atoms with Crippen molar-refractivity contribution in [3.63, 3.8) is 0 Å². The number of hydrogen-bond acceptors (Lipinski definition) is 4. The van der Waals surface area contributed by atoms with Crippen LogP contribution < -0.4 is 5.32 Å². The first kappa shape index (κ1) is 15.0. The molecule has 0 radical (unpaired) electrons. The molecular formula is C13H19N5O3. The summed E-state index contributed by atoms with van der Waals surface area (Å²) >= 11 is 0. The van der Waals surface area contributed by atoms with E-state index in [9.17, 15) is 14.4 Å². The number of imide groups is 1. The molecule has 1 aromatic rings. The summed E-state index contributed by atoms with van der Waals surface area (Å²) in [6, 6.07) is -1.19. The summed E-state index contributed by atoms with van der Waals surface area (Å²) in [6.45, 7) is 2.59. The zero-order chi connectivity index (χ0) is 15.4. The number of carbonyl (C=O) groups is 3. The van der Waals surface area contributed by atoms with Gasteiger partial charge in [-0.1, -0.05) is 6.92 Å². The number of urea groups is 1. The van der Waals surface area contributed by atoms with E-state index in [1.807, 2.05) is 6.92 Å². The second-order valence-corrected chi connectivity index (χ2v) is 4.98. The number of amides is 4. The Morgan fingerprint density at radius 2 is 2.24 bits per heavy atom. The molecule has 1 fully saturated rings. The van der Waals surface area contributed by atoms with Gasteiger partial charge >= 0.3 is 6.03 Å². The van der Waals surface area contributed by atoms with Crippen molar-refractivity contribution >= 4 is 17.8 Å². The zero-order valence-corrected chi connectivity index (χ0v) is 12.1. The van der Waals surface area contributed by atoms with Crippen molar-refractivity contribution < 1.29 is 14.4 Å². The maximum Gasteiger partial charge on any atom is 0.324 e. The summed E-state index contributed by atoms with van der Waals surface area (Å²) in [4.78, 5) is 45.4. The smallest absolute Gasteiger partial charge is 0.324 e. The van der Waals surface area contributed by atoms with Gasteiger partial charge in [0.2, 0.25) is 5.91 Å². The quantitative estimate of drug-likeness (QED) is 0.726. The Morgan fingerprint density at radius 1 is 1.48 bits per heavy atom. The number of carbonyl (C=O) groups excluding carboxylic acids is 3. The van der Waals surface area contributed by atoms with Gasteiger partial charge < -0.3 is 15.2 Å². The number of aromatic amines is 1. The highest BCUT2D eigenvalue weighted by Crippen LogP contribution is 2.11. The minimum atomic E-state index is -0.768. The molecule has 1 atom stereocenters. The Kier molecular flexibility index (Phi) is 4.56. The molecule has 0 spiro atoms. The van der Waals surface area contributed by atoms with Crippen LogP contribution in [0, 0.1) is 0 Å². The van der Waals surface area contributed by atoms with E-state index >= 15 is 0 Å². The predicted molar refractivity (Wildman–Crippen MR) is 74.0 cm³/mol. The lowest BCUT2D eigenvalue weighted by Crippen LogP contribution is -2.37. The molecule has 8 heteroatoms. The second-order valence-electron chi connectivity index (χ2n) is 4.98. The Bertz CT molecular complexity index is 528. The molecule has 0 bridgehead atoms. The fraction of sp³-hybridized carbons (Fsp3) is 0.538. The number of nitrogens with zero attached hydrogens (tertiary/aromatic N) is 3. The molecule has 1 aliphatic heterocycles. The molecular weight excluding hydrogens is 274 g/mol. The highest BCUT2D eigenvalue weighted by Gasteiger charge is 2.38. The minimum Gasteiger partial charge on any atom is -0.347 e. The van der Waals surface area contributed by atoms with Crippen molar-refractivity contribution in [3.8, 4) is 0 Å². The third kappa shape index (κ3) is 3.39. The molecule has 21 heavy (non-hydrogen) atoms. The van der Waals surface area contributed by atoms with Gasteiger partial charge in [-0.05, 0) is 6.42 Å². The van der Waals surface area contributed by atoms with Gasteiger partial charge in [0.05, 0.1) is 13.0 Å². The van der Waals surface area contributed by atoms with Crippen LogP contribution in [0.4, 0.5) is 4.79 Å². The zero-order valence-electron chi connectivity index (χ0n) is 12.1. The molecule has 1 aliphatic rings. The van der Waals surface area contributed by atoms with Crippen molar-refractivity contribution in [2.75, 3.05) is 13.6 Å². The van der Waals surface area contributed by atoms with E-state index in [1.165, 1.54) is 4.90 Å². The standard InChI is InChI=1S/C13H19N5O3/c1-3-6-18-12(20)9(16-13(18)21)7-11(19)17(2)8-10-14-4-5-15-10/h4-5,9H,3,6-8H2,1-2H3,(H,14,15)(H,16,21)/t9-/m1/s1. The molecule has 2 rings (SSSR count). The third-order valence-corrected chi connectivity index (χ3v) is 3.30. The Hall–Kier alpha value is -2.38. The van der Waals surface area contributed by atoms with Gasteiger partial charge in [-0.2, -0.15) is 0 Å². The van der Waals surface area contributed by atoms with Gasteiger partial charge in [0.15, 0.2) is 0 Å². The van der Waals surface area contributed by atoms with E-state index in [-0.39, 0.29) is 18.2 Å². The Morgan fingerprint density at radius 3 is 2.86 bits per heavy atom. The van der Waals surface area contributed by atoms with E-state index in [4.69, 9.17) is 0 Å². The average molecular weight is 293 g/mol. The molecule has 0 unspecified atom stereocenters. The molecule has 8 nitrogen and oxygen atoms in total. The molecule has 0 aliphatic carbocycles. The molecule has 1 saturated heterocycles. The molecule has 2 heterocycles. The third-order valence-electron chi connectivity index (χ3n) is 3.30. The van der Waals surface area contributed by atoms with Gasteiger partial charge in [0.25, 0.3) is 5.91 Å². The first-order valence-corrected chi connectivity index (χ1v) is 6.87. The van der Waals surface area contributed by atoms with Crippen LogP contribution in [0.15, 0.2) is 12.4 Å². The van der Waals surface area contributed by atoms with Crippen molar-refractivity contribution in [2.24, 2.45) is 0 Å². The summed E-state index contributed by atoms with van der Waals surface area (Å²) in [5, 5.41) is 2.55. The van der Waals surface area contributed by atoms with Gasteiger partial charge in [-0.25, -0.2) is 9.78 Å². The lowest BCUT2D eigenvalue weighted by Gasteiger charge is -2.17. The number of nitrogens with one attached hydrogen (secondary N) is 2. The van der Waals surface area contributed by atoms with Crippen LogP contribution in [-0.2, 0) is 16.1 Å². The summed E-state index contributed by atoms with van der Waals surface area (Å²) in [7, 11) is 1.63. The number of imidazole rings is 1. The first-order chi connectivity index (χ1) is 10.0. The summed E-state index contributed by atoms with van der Waals surface area (Å²) in [5.74, 6) is 0.116. The maximum absolute atomic E-state index is 12.1. The van der Waals surface area contributed by atoms with Crippen molar-refractivity contribution in [1.29, 1.82) is 0 Å². The van der Waals surface area contributed by atoms with E-state index in [2.05, 4.69) is 15.3 Å². The minimum absolute atomic E-state index is 0.0397. The number of rotatable bonds is 6. The van der Waals surface area contributed by atoms with Crippen molar-refractivity contribution in [3.05, 3.63) is 18.2 Å². The molecule has 4 amide bonds. The summed E-state index contributed by atoms with van der Waals surface area (Å²) in [6.07, 6.45) is 3.94. The second kappa shape index (κ2) is 6.38. The Balaban J connectivity index is 1.90. The molecule has 0 saturated carbocycles. The van der Waals surface area contributed by atoms with Crippen LogP contribution in [-0.4, -0.2) is 57.2 Å². The fourth-order valence-electron chi connectivity index (χ4n) is 2.18. The van der Waals surface area contributed by atoms with Gasteiger partial charge in [0, 0.05) is 26.0 Å². The van der Waals surface area contributed by atoms with E-state index in [1.54, 1.807) is 19.4 Å². The van der Waals surface area contributed by atoms with Crippen LogP contribution in [0.5, 0.6) is 0 Å². The fourth-order valence-corrected chi connectivity index (χ4v) is 2.18. The Labute approximate surface area is 122 Å². The van der Waals surface area contributed by atoms with Crippen molar-refractivity contribution in [1.82, 2.24) is 25.1 Å². The van der Waals surface area contributed by atoms with Crippen LogP contribution >= 0.6 is 0 Å². The van der Waals surface area contributed by atoms with Crippen LogP contribution in [0.3, 0.4) is 0 Å². The number of aromatic nitrogens is 2. The highest BCUT2D eigenvalue weighted by molar-refractivity contribution is 6.05. The normalized spacial score (nSPS) is 18.0. The lowest BCUT2D eigenvalue weighted by molar-refractivity contribution is -0.135. The van der Waals surface area contributed by atoms with E-state index < -0.39 is 12.1 Å². The topological polar surface area (TPSA) is 98.4 Å². The largest absolute Gasteiger partial charge is 0.347 e. The number of hydrogen-bond donors (Lipinski definition) is 2. The van der Waals surface area contributed by atoms with E-state index in [0.717, 1.165) is 4.90 Å². The van der Waals surface area contributed by atoms with Crippen molar-refractivity contribution in [2.45, 2.75) is 32.4 Å². The monoisotopic (exact) mass is 293 g/mol. The SMILES string of the molecule is CCCN1C(=O)N[C@H](CC(=O)N(C)Cc2ncc[nH]2)C1=O. The van der Waals surface area contributed by atoms with Gasteiger partial charge in [-0.3, -0.25) is 14.5 Å². The molecule has 114 valence electrons. The maximum atomic E-state index is 12.1. The van der Waals surface area contributed by atoms with Gasteiger partial charge in [-0.15, -0.1) is 0 Å². The lowest BCUT2D eigenvalue weighted by atomic mass is 10.2. The predicted octanol–water partition coefficient (Wildman–Crippen LogP) is 0.0886. The average Bonchev–Trinajstić information content (AvgIpc) is 3.03. The van der Waals surface area contributed by atoms with Crippen LogP contribution in [0.1, 0.15) is 25.6 Å². The molecule has 2 N–H and O–H groups in total. The van der Waals surface area contributed by atoms with Gasteiger partial charge in [0.1, 0.15) is 11.9 Å². The molecule has 1 aromatic heterocycles.